The van der Waals surface area contributed by atoms with Gasteiger partial charge >= 0.3 is 5.97 Å². The van der Waals surface area contributed by atoms with Crippen molar-refractivity contribution in [1.29, 1.82) is 0 Å². The fraction of sp³-hybridized carbons (Fsp3) is 0. The van der Waals surface area contributed by atoms with E-state index in [2.05, 4.69) is 12.6 Å². The lowest BCUT2D eigenvalue weighted by Crippen LogP contribution is -1.85. The summed E-state index contributed by atoms with van der Waals surface area (Å²) >= 11 is 4.16. The van der Waals surface area contributed by atoms with Crippen LogP contribution in [0, 0.1) is 0 Å². The largest absolute Gasteiger partial charge is 0.478 e. The van der Waals surface area contributed by atoms with E-state index in [1.54, 1.807) is 0 Å². The van der Waals surface area contributed by atoms with E-state index in [1.165, 1.54) is 6.08 Å². The van der Waals surface area contributed by atoms with Crippen LogP contribution in [0.25, 0.3) is 6.08 Å². The zero-order valence-corrected chi connectivity index (χ0v) is 7.16. The third-order valence-electron chi connectivity index (χ3n) is 1.34. The van der Waals surface area contributed by atoms with Crippen LogP contribution >= 0.6 is 12.6 Å². The molecular formula is C9H8O2S. The summed E-state index contributed by atoms with van der Waals surface area (Å²) in [5.41, 5.74) is 0.809. The van der Waals surface area contributed by atoms with Gasteiger partial charge in [0.2, 0.25) is 0 Å². The van der Waals surface area contributed by atoms with E-state index in [0.717, 1.165) is 16.5 Å². The number of hydrogen-bond donors (Lipinski definition) is 2. The number of rotatable bonds is 2. The molecule has 62 valence electrons. The molecule has 12 heavy (non-hydrogen) atoms. The number of carboxylic acids is 1. The van der Waals surface area contributed by atoms with Crippen LogP contribution in [0.1, 0.15) is 5.56 Å². The van der Waals surface area contributed by atoms with Crippen LogP contribution in [0.5, 0.6) is 0 Å². The first-order chi connectivity index (χ1) is 5.70. The molecule has 0 saturated carbocycles. The monoisotopic (exact) mass is 180 g/mol. The quantitative estimate of drug-likeness (QED) is 0.540. The highest BCUT2D eigenvalue weighted by molar-refractivity contribution is 7.80. The number of aliphatic carboxylic acids is 1. The van der Waals surface area contributed by atoms with Gasteiger partial charge in [0.25, 0.3) is 0 Å². The smallest absolute Gasteiger partial charge is 0.328 e. The van der Waals surface area contributed by atoms with E-state index >= 15 is 0 Å². The molecular weight excluding hydrogens is 172 g/mol. The molecule has 0 bridgehead atoms. The van der Waals surface area contributed by atoms with Gasteiger partial charge in [-0.1, -0.05) is 18.2 Å². The second kappa shape index (κ2) is 3.97. The van der Waals surface area contributed by atoms with Crippen LogP contribution in [0.2, 0.25) is 0 Å². The normalized spacial score (nSPS) is 10.4. The Morgan fingerprint density at radius 1 is 1.42 bits per heavy atom. The number of carbonyl (C=O) groups is 1. The molecule has 0 heterocycles. The van der Waals surface area contributed by atoms with Crippen LogP contribution in [0.3, 0.4) is 0 Å². The van der Waals surface area contributed by atoms with E-state index in [0.29, 0.717) is 0 Å². The molecule has 0 spiro atoms. The van der Waals surface area contributed by atoms with Gasteiger partial charge in [-0.25, -0.2) is 4.79 Å². The van der Waals surface area contributed by atoms with Gasteiger partial charge in [0.1, 0.15) is 0 Å². The number of thiol groups is 1. The first-order valence-corrected chi connectivity index (χ1v) is 3.84. The van der Waals surface area contributed by atoms with Crippen LogP contribution in [0.15, 0.2) is 35.2 Å². The second-order valence-electron chi connectivity index (χ2n) is 2.23. The number of hydrogen-bond acceptors (Lipinski definition) is 2. The van der Waals surface area contributed by atoms with Crippen molar-refractivity contribution in [2.75, 3.05) is 0 Å². The second-order valence-corrected chi connectivity index (χ2v) is 2.71. The van der Waals surface area contributed by atoms with Gasteiger partial charge in [-0.05, 0) is 17.7 Å². The summed E-state index contributed by atoms with van der Waals surface area (Å²) in [5.74, 6) is -0.952. The van der Waals surface area contributed by atoms with Crippen molar-refractivity contribution in [2.24, 2.45) is 0 Å². The maximum atomic E-state index is 10.2. The Morgan fingerprint density at radius 2 is 2.08 bits per heavy atom. The molecule has 0 aliphatic rings. The molecule has 1 aromatic carbocycles. The maximum absolute atomic E-state index is 10.2. The summed E-state index contributed by atoms with van der Waals surface area (Å²) in [6, 6.07) is 7.30. The minimum atomic E-state index is -0.952. The molecule has 0 aliphatic carbocycles. The predicted molar refractivity (Wildman–Crippen MR) is 50.4 cm³/mol. The minimum Gasteiger partial charge on any atom is -0.478 e. The molecule has 3 heteroatoms. The molecule has 1 aromatic rings. The minimum absolute atomic E-state index is 0.773. The predicted octanol–water partition coefficient (Wildman–Crippen LogP) is 2.07. The highest BCUT2D eigenvalue weighted by Crippen LogP contribution is 2.13. The standard InChI is InChI=1S/C9H8O2S/c10-9(11)6-5-7-3-1-2-4-8(7)12/h1-6,12H,(H,10,11)/b6-5+. The topological polar surface area (TPSA) is 37.3 Å². The lowest BCUT2D eigenvalue weighted by molar-refractivity contribution is -0.131. The summed E-state index contributed by atoms with van der Waals surface area (Å²) in [6.07, 6.45) is 2.61. The summed E-state index contributed by atoms with van der Waals surface area (Å²) in [6.45, 7) is 0. The van der Waals surface area contributed by atoms with Gasteiger partial charge < -0.3 is 5.11 Å². The Labute approximate surface area is 75.9 Å². The van der Waals surface area contributed by atoms with Gasteiger partial charge in [0.05, 0.1) is 0 Å². The zero-order valence-electron chi connectivity index (χ0n) is 6.27. The molecule has 1 N–H and O–H groups in total. The lowest BCUT2D eigenvalue weighted by atomic mass is 10.2. The number of benzene rings is 1. The van der Waals surface area contributed by atoms with Gasteiger partial charge in [-0.3, -0.25) is 0 Å². The first-order valence-electron chi connectivity index (χ1n) is 3.39. The lowest BCUT2D eigenvalue weighted by Gasteiger charge is -1.95. The zero-order chi connectivity index (χ0) is 8.97. The van der Waals surface area contributed by atoms with E-state index in [1.807, 2.05) is 24.3 Å². The van der Waals surface area contributed by atoms with Crippen molar-refractivity contribution in [3.63, 3.8) is 0 Å². The summed E-state index contributed by atoms with van der Waals surface area (Å²) in [7, 11) is 0. The Morgan fingerprint density at radius 3 is 2.67 bits per heavy atom. The summed E-state index contributed by atoms with van der Waals surface area (Å²) in [4.78, 5) is 10.9. The maximum Gasteiger partial charge on any atom is 0.328 e. The van der Waals surface area contributed by atoms with E-state index < -0.39 is 5.97 Å². The van der Waals surface area contributed by atoms with Crippen molar-refractivity contribution in [1.82, 2.24) is 0 Å². The molecule has 0 radical (unpaired) electrons. The van der Waals surface area contributed by atoms with E-state index in [9.17, 15) is 4.79 Å². The molecule has 1 rings (SSSR count). The third-order valence-corrected chi connectivity index (χ3v) is 1.75. The number of carboxylic acid groups (broad SMARTS) is 1. The van der Waals surface area contributed by atoms with Crippen molar-refractivity contribution in [3.05, 3.63) is 35.9 Å². The van der Waals surface area contributed by atoms with Crippen LogP contribution < -0.4 is 0 Å². The molecule has 0 unspecified atom stereocenters. The fourth-order valence-corrected chi connectivity index (χ4v) is 1.02. The fourth-order valence-electron chi connectivity index (χ4n) is 0.790. The van der Waals surface area contributed by atoms with Gasteiger partial charge in [0, 0.05) is 11.0 Å². The highest BCUT2D eigenvalue weighted by Gasteiger charge is 1.92. The van der Waals surface area contributed by atoms with Gasteiger partial charge in [-0.15, -0.1) is 12.6 Å². The Balaban J connectivity index is 2.89. The van der Waals surface area contributed by atoms with Crippen molar-refractivity contribution < 1.29 is 9.90 Å². The van der Waals surface area contributed by atoms with Gasteiger partial charge in [-0.2, -0.15) is 0 Å². The van der Waals surface area contributed by atoms with Crippen molar-refractivity contribution >= 4 is 24.7 Å². The van der Waals surface area contributed by atoms with Gasteiger partial charge in [0.15, 0.2) is 0 Å². The van der Waals surface area contributed by atoms with Crippen molar-refractivity contribution in [3.8, 4) is 0 Å². The first kappa shape index (κ1) is 8.87. The van der Waals surface area contributed by atoms with Crippen LogP contribution in [0.4, 0.5) is 0 Å². The summed E-state index contributed by atoms with van der Waals surface area (Å²) in [5, 5.41) is 8.35. The van der Waals surface area contributed by atoms with Crippen molar-refractivity contribution in [2.45, 2.75) is 4.90 Å². The van der Waals surface area contributed by atoms with E-state index in [4.69, 9.17) is 5.11 Å². The molecule has 2 nitrogen and oxygen atoms in total. The molecule has 0 aromatic heterocycles. The SMILES string of the molecule is O=C(O)/C=C/c1ccccc1S. The third kappa shape index (κ3) is 2.43. The molecule has 0 amide bonds. The van der Waals surface area contributed by atoms with Crippen LogP contribution in [-0.4, -0.2) is 11.1 Å². The molecule has 0 aliphatic heterocycles. The Kier molecular flexibility index (Phi) is 2.94. The Hall–Kier alpha value is -1.22. The Bertz CT molecular complexity index is 318. The highest BCUT2D eigenvalue weighted by atomic mass is 32.1. The van der Waals surface area contributed by atoms with E-state index in [-0.39, 0.29) is 0 Å². The molecule has 0 saturated heterocycles. The van der Waals surface area contributed by atoms with Crippen LogP contribution in [-0.2, 0) is 4.79 Å². The summed E-state index contributed by atoms with van der Waals surface area (Å²) < 4.78 is 0. The average molecular weight is 180 g/mol. The molecule has 0 atom stereocenters. The average Bonchev–Trinajstić information content (AvgIpc) is 2.03. The molecule has 0 fully saturated rings.